The minimum Gasteiger partial charge on any atom is -0.455 e. The maximum Gasteiger partial charge on any atom is 0.238 e. The lowest BCUT2D eigenvalue weighted by Gasteiger charge is -2.15. The molecule has 3 aromatic heterocycles. The zero-order valence-corrected chi connectivity index (χ0v) is 34.3. The van der Waals surface area contributed by atoms with Gasteiger partial charge in [-0.15, -0.1) is 0 Å². The fourth-order valence-corrected chi connectivity index (χ4v) is 10.4. The second-order valence-corrected chi connectivity index (χ2v) is 16.7. The molecule has 0 bridgehead atoms. The third kappa shape index (κ3) is 5.03. The van der Waals surface area contributed by atoms with E-state index in [4.69, 9.17) is 19.4 Å². The summed E-state index contributed by atoms with van der Waals surface area (Å²) in [6, 6.07) is 73.3. The van der Waals surface area contributed by atoms with Crippen molar-refractivity contribution in [2.24, 2.45) is 0 Å². The van der Waals surface area contributed by atoms with Crippen LogP contribution in [0.1, 0.15) is 0 Å². The van der Waals surface area contributed by atoms with Crippen molar-refractivity contribution >= 4 is 97.6 Å². The number of rotatable bonds is 4. The smallest absolute Gasteiger partial charge is 0.238 e. The molecule has 5 heteroatoms. The predicted molar refractivity (Wildman–Crippen MR) is 265 cm³/mol. The topological polar surface area (TPSA) is 56.7 Å². The Kier molecular flexibility index (Phi) is 7.33. The van der Waals surface area contributed by atoms with Gasteiger partial charge in [-0.3, -0.25) is 4.57 Å². The van der Waals surface area contributed by atoms with E-state index < -0.39 is 0 Å². The van der Waals surface area contributed by atoms with Gasteiger partial charge < -0.3 is 4.42 Å². The van der Waals surface area contributed by atoms with Gasteiger partial charge in [0.15, 0.2) is 11.6 Å². The molecule has 11 aromatic carbocycles. The zero-order valence-electron chi connectivity index (χ0n) is 34.3. The number of hydrogen-bond acceptors (Lipinski definition) is 4. The van der Waals surface area contributed by atoms with E-state index in [9.17, 15) is 0 Å². The molecule has 0 aliphatic rings. The van der Waals surface area contributed by atoms with Gasteiger partial charge in [0, 0.05) is 43.4 Å². The lowest BCUT2D eigenvalue weighted by atomic mass is 9.92. The van der Waals surface area contributed by atoms with E-state index in [2.05, 4.69) is 199 Å². The summed E-state index contributed by atoms with van der Waals surface area (Å²) < 4.78 is 8.99. The van der Waals surface area contributed by atoms with Gasteiger partial charge in [-0.2, -0.15) is 9.97 Å². The van der Waals surface area contributed by atoms with E-state index in [0.717, 1.165) is 87.4 Å². The summed E-state index contributed by atoms with van der Waals surface area (Å²) in [5.74, 6) is 1.70. The highest BCUT2D eigenvalue weighted by Gasteiger charge is 2.24. The van der Waals surface area contributed by atoms with Crippen LogP contribution >= 0.6 is 0 Å². The number of hydrogen-bond donors (Lipinski definition) is 0. The van der Waals surface area contributed by atoms with E-state index >= 15 is 0 Å². The molecule has 14 aromatic rings. The third-order valence-corrected chi connectivity index (χ3v) is 13.2. The molecule has 0 atom stereocenters. The zero-order chi connectivity index (χ0) is 41.9. The van der Waals surface area contributed by atoms with Crippen LogP contribution in [0.5, 0.6) is 0 Å². The Morgan fingerprint density at radius 1 is 0.328 bits per heavy atom. The number of benzene rings is 11. The summed E-state index contributed by atoms with van der Waals surface area (Å²) in [6.07, 6.45) is 0. The Morgan fingerprint density at radius 2 is 0.875 bits per heavy atom. The van der Waals surface area contributed by atoms with Crippen molar-refractivity contribution < 1.29 is 4.42 Å². The SMILES string of the molecule is c1ccc2c(-c3ccc(-c4nc(-c5cc6ccccc6c6oc7ccccc7c56)nc(-n5c6ccc7ccccc7c6c6ccc7ccccc7c65)n4)c4ccccc34)cccc2c1. The summed E-state index contributed by atoms with van der Waals surface area (Å²) in [5, 5.41) is 15.7. The second kappa shape index (κ2) is 13.4. The number of furan rings is 1. The minimum atomic E-state index is 0.544. The van der Waals surface area contributed by atoms with Crippen LogP contribution in [0.25, 0.3) is 137 Å². The third-order valence-electron chi connectivity index (χ3n) is 13.2. The van der Waals surface area contributed by atoms with Crippen molar-refractivity contribution in [3.8, 4) is 39.9 Å². The highest BCUT2D eigenvalue weighted by atomic mass is 16.3. The van der Waals surface area contributed by atoms with Gasteiger partial charge in [0.25, 0.3) is 0 Å². The molecule has 5 nitrogen and oxygen atoms in total. The highest BCUT2D eigenvalue weighted by Crippen LogP contribution is 2.44. The molecule has 0 amide bonds. The molecular weight excluding hydrogens is 781 g/mol. The molecule has 0 unspecified atom stereocenters. The normalized spacial score (nSPS) is 12.1. The fraction of sp³-hybridized carbons (Fsp3) is 0. The molecule has 0 saturated carbocycles. The molecule has 0 saturated heterocycles. The summed E-state index contributed by atoms with van der Waals surface area (Å²) >= 11 is 0. The number of nitrogens with zero attached hydrogens (tertiary/aromatic N) is 4. The van der Waals surface area contributed by atoms with Crippen molar-refractivity contribution in [1.29, 1.82) is 0 Å². The van der Waals surface area contributed by atoms with Crippen LogP contribution in [-0.2, 0) is 0 Å². The minimum absolute atomic E-state index is 0.544. The van der Waals surface area contributed by atoms with Crippen molar-refractivity contribution in [3.05, 3.63) is 206 Å². The van der Waals surface area contributed by atoms with Gasteiger partial charge >= 0.3 is 0 Å². The van der Waals surface area contributed by atoms with E-state index in [1.165, 1.54) is 32.5 Å². The molecule has 3 heterocycles. The lowest BCUT2D eigenvalue weighted by molar-refractivity contribution is 0.672. The van der Waals surface area contributed by atoms with E-state index in [1.807, 2.05) is 12.1 Å². The van der Waals surface area contributed by atoms with Crippen LogP contribution < -0.4 is 0 Å². The van der Waals surface area contributed by atoms with Gasteiger partial charge in [0.2, 0.25) is 5.95 Å². The highest BCUT2D eigenvalue weighted by molar-refractivity contribution is 6.26. The Balaban J connectivity index is 1.13. The number of para-hydroxylation sites is 1. The first-order valence-electron chi connectivity index (χ1n) is 21.7. The largest absolute Gasteiger partial charge is 0.455 e. The van der Waals surface area contributed by atoms with E-state index in [-0.39, 0.29) is 0 Å². The van der Waals surface area contributed by atoms with Crippen LogP contribution in [0.2, 0.25) is 0 Å². The maximum absolute atomic E-state index is 6.72. The Hall–Kier alpha value is -8.67. The molecule has 0 N–H and O–H groups in total. The van der Waals surface area contributed by atoms with Crippen LogP contribution in [0, 0.1) is 0 Å². The number of aromatic nitrogens is 4. The summed E-state index contributed by atoms with van der Waals surface area (Å²) in [6.45, 7) is 0. The van der Waals surface area contributed by atoms with Gasteiger partial charge in [-0.25, -0.2) is 4.98 Å². The monoisotopic (exact) mass is 814 g/mol. The van der Waals surface area contributed by atoms with E-state index in [0.29, 0.717) is 17.6 Å². The average molecular weight is 815 g/mol. The first kappa shape index (κ1) is 35.0. The molecule has 0 radical (unpaired) electrons. The van der Waals surface area contributed by atoms with Crippen LogP contribution in [0.3, 0.4) is 0 Å². The van der Waals surface area contributed by atoms with Crippen molar-refractivity contribution in [3.63, 3.8) is 0 Å². The Morgan fingerprint density at radius 3 is 1.67 bits per heavy atom. The molecule has 14 rings (SSSR count). The first-order valence-corrected chi connectivity index (χ1v) is 21.7. The molecule has 0 fully saturated rings. The number of fused-ring (bicyclic) bond motifs is 14. The van der Waals surface area contributed by atoms with Gasteiger partial charge in [-0.05, 0) is 78.5 Å². The lowest BCUT2D eigenvalue weighted by Crippen LogP contribution is -2.07. The van der Waals surface area contributed by atoms with Crippen LogP contribution in [-0.4, -0.2) is 19.5 Å². The van der Waals surface area contributed by atoms with E-state index in [1.54, 1.807) is 0 Å². The van der Waals surface area contributed by atoms with Crippen LogP contribution in [0.15, 0.2) is 211 Å². The van der Waals surface area contributed by atoms with Gasteiger partial charge in [-0.1, -0.05) is 182 Å². The maximum atomic E-state index is 6.72. The van der Waals surface area contributed by atoms with Crippen LogP contribution in [0.4, 0.5) is 0 Å². The fourth-order valence-electron chi connectivity index (χ4n) is 10.4. The molecule has 0 aliphatic heterocycles. The first-order chi connectivity index (χ1) is 31.7. The molecule has 0 spiro atoms. The van der Waals surface area contributed by atoms with Crippen molar-refractivity contribution in [1.82, 2.24) is 19.5 Å². The molecule has 296 valence electrons. The molecule has 0 aliphatic carbocycles. The summed E-state index contributed by atoms with van der Waals surface area (Å²) in [4.78, 5) is 16.7. The van der Waals surface area contributed by atoms with Crippen molar-refractivity contribution in [2.75, 3.05) is 0 Å². The molecular formula is C59H34N4O. The predicted octanol–water partition coefficient (Wildman–Crippen LogP) is 15.6. The van der Waals surface area contributed by atoms with Gasteiger partial charge in [0.05, 0.1) is 11.0 Å². The molecule has 64 heavy (non-hydrogen) atoms. The van der Waals surface area contributed by atoms with Crippen molar-refractivity contribution in [2.45, 2.75) is 0 Å². The second-order valence-electron chi connectivity index (χ2n) is 16.7. The standard InChI is InChI=1S/C59H34N4O/c1-5-19-39-35(14-1)18-13-26-43(39)46-31-32-47(45-24-10-9-23-44(45)46)57-60-58(50-34-38-17-4-8-22-42(38)56-54(50)48-25-11-12-27-52(48)64-56)62-59(61-57)63-51-33-29-36-15-2-6-20-40(36)53(51)49-30-28-37-16-3-7-21-41(37)55(49)63/h1-34H. The Bertz CT molecular complexity index is 4270. The Labute approximate surface area is 366 Å². The van der Waals surface area contributed by atoms with Gasteiger partial charge in [0.1, 0.15) is 11.2 Å². The summed E-state index contributed by atoms with van der Waals surface area (Å²) in [5.41, 5.74) is 7.88. The summed E-state index contributed by atoms with van der Waals surface area (Å²) in [7, 11) is 0. The quantitative estimate of drug-likeness (QED) is 0.178. The average Bonchev–Trinajstić information content (AvgIpc) is 3.93.